The molecule has 3 N–H and O–H groups in total. The average molecular weight is 518 g/mol. The van der Waals surface area contributed by atoms with E-state index in [0.717, 1.165) is 6.42 Å². The molecule has 8 nitrogen and oxygen atoms in total. The second-order valence-corrected chi connectivity index (χ2v) is 9.65. The van der Waals surface area contributed by atoms with Crippen LogP contribution in [0, 0.1) is 11.8 Å². The van der Waals surface area contributed by atoms with Crippen LogP contribution in [0.4, 0.5) is 29.5 Å². The number of nitrogens with one attached hydrogen (secondary N) is 1. The highest BCUT2D eigenvalue weighted by Crippen LogP contribution is 2.37. The van der Waals surface area contributed by atoms with E-state index in [1.54, 1.807) is 42.5 Å². The Morgan fingerprint density at radius 1 is 1.16 bits per heavy atom. The molecule has 1 saturated carbocycles. The summed E-state index contributed by atoms with van der Waals surface area (Å²) in [5.41, 5.74) is 6.89. The molecule has 2 aliphatic rings. The van der Waals surface area contributed by atoms with Crippen LogP contribution in [0.1, 0.15) is 37.7 Å². The molecule has 1 aromatic heterocycles. The summed E-state index contributed by atoms with van der Waals surface area (Å²) in [6, 6.07) is 7.22. The van der Waals surface area contributed by atoms with Crippen molar-refractivity contribution in [2.24, 2.45) is 11.8 Å². The summed E-state index contributed by atoms with van der Waals surface area (Å²) in [6.07, 6.45) is -0.314. The Balaban J connectivity index is 1.60. The number of carbonyl (C=O) groups is 3. The van der Waals surface area contributed by atoms with E-state index in [1.807, 2.05) is 0 Å². The molecule has 11 heteroatoms. The first-order valence-electron chi connectivity index (χ1n) is 12.3. The fourth-order valence-corrected chi connectivity index (χ4v) is 5.25. The highest BCUT2D eigenvalue weighted by atomic mass is 19.4. The van der Waals surface area contributed by atoms with Gasteiger partial charge in [-0.15, -0.1) is 0 Å². The van der Waals surface area contributed by atoms with Crippen molar-refractivity contribution in [3.63, 3.8) is 0 Å². The van der Waals surface area contributed by atoms with Gasteiger partial charge in [0.1, 0.15) is 17.9 Å². The number of amides is 4. The summed E-state index contributed by atoms with van der Waals surface area (Å²) in [4.78, 5) is 45.7. The number of para-hydroxylation sites is 1. The molecule has 4 amide bonds. The zero-order chi connectivity index (χ0) is 26.7. The average Bonchev–Trinajstić information content (AvgIpc) is 2.88. The van der Waals surface area contributed by atoms with Gasteiger partial charge in [0.2, 0.25) is 5.91 Å². The van der Waals surface area contributed by atoms with Gasteiger partial charge in [0.05, 0.1) is 5.92 Å². The lowest BCUT2D eigenvalue weighted by molar-refractivity contribution is -0.170. The van der Waals surface area contributed by atoms with Crippen molar-refractivity contribution in [1.82, 2.24) is 15.2 Å². The molecular weight excluding hydrogens is 487 g/mol. The molecule has 1 unspecified atom stereocenters. The maximum atomic E-state index is 13.9. The number of urea groups is 1. The second-order valence-electron chi connectivity index (χ2n) is 9.65. The summed E-state index contributed by atoms with van der Waals surface area (Å²) in [5.74, 6) is -2.77. The number of hydrogen-bond donors (Lipinski definition) is 2. The third kappa shape index (κ3) is 5.70. The van der Waals surface area contributed by atoms with Crippen LogP contribution in [0.15, 0.2) is 48.7 Å². The van der Waals surface area contributed by atoms with Crippen LogP contribution in [0.2, 0.25) is 0 Å². The van der Waals surface area contributed by atoms with Gasteiger partial charge in [-0.1, -0.05) is 37.5 Å². The highest BCUT2D eigenvalue weighted by Gasteiger charge is 2.56. The molecule has 1 aromatic carbocycles. The van der Waals surface area contributed by atoms with Crippen LogP contribution in [0.3, 0.4) is 0 Å². The molecular formula is C26H30F3N5O3. The SMILES string of the molecule is CN(C(=O)[C@@H]1C(Cc2ccnc(N)c2)C(=O)N1C(=O)N[C@@H](C1CCCCC1)C(F)(F)F)c1ccccc1. The van der Waals surface area contributed by atoms with Gasteiger partial charge in [-0.25, -0.2) is 9.78 Å². The molecule has 0 bridgehead atoms. The number of benzene rings is 1. The summed E-state index contributed by atoms with van der Waals surface area (Å²) >= 11 is 0. The van der Waals surface area contributed by atoms with Crippen LogP contribution >= 0.6 is 0 Å². The van der Waals surface area contributed by atoms with E-state index < -0.39 is 47.9 Å². The molecule has 0 radical (unpaired) electrons. The van der Waals surface area contributed by atoms with Crippen molar-refractivity contribution in [3.8, 4) is 0 Å². The highest BCUT2D eigenvalue weighted by molar-refractivity contribution is 6.12. The number of β-lactam (4-membered cyclic amide) rings is 1. The number of nitrogens with two attached hydrogens (primary N) is 1. The Bertz CT molecular complexity index is 1140. The number of likely N-dealkylation sites (tertiary alicyclic amines) is 1. The topological polar surface area (TPSA) is 109 Å². The maximum Gasteiger partial charge on any atom is 0.408 e. The molecule has 1 saturated heterocycles. The van der Waals surface area contributed by atoms with E-state index in [2.05, 4.69) is 10.3 Å². The zero-order valence-electron chi connectivity index (χ0n) is 20.4. The number of pyridine rings is 1. The van der Waals surface area contributed by atoms with Gasteiger partial charge in [-0.05, 0) is 55.0 Å². The third-order valence-corrected chi connectivity index (χ3v) is 7.21. The van der Waals surface area contributed by atoms with Crippen LogP contribution in [-0.2, 0) is 16.0 Å². The number of likely N-dealkylation sites (N-methyl/N-ethyl adjacent to an activating group) is 1. The second kappa shape index (κ2) is 10.8. The standard InChI is InChI=1S/C26H30F3N5O3/c1-33(18-10-6-3-7-11-18)24(36)21-19(14-16-12-13-31-20(30)15-16)23(35)34(21)25(37)32-22(26(27,28)29)17-8-4-2-5-9-17/h3,6-7,10-13,15,17,19,21-22H,2,4-5,8-9,14H2,1H3,(H2,30,31)(H,32,37)/t19?,21-,22-/m0/s1. The molecule has 2 heterocycles. The monoisotopic (exact) mass is 517 g/mol. The van der Waals surface area contributed by atoms with Crippen molar-refractivity contribution in [1.29, 1.82) is 0 Å². The molecule has 1 aliphatic carbocycles. The van der Waals surface area contributed by atoms with E-state index >= 15 is 0 Å². The lowest BCUT2D eigenvalue weighted by atomic mass is 9.81. The normalized spacial score (nSPS) is 21.2. The Hall–Kier alpha value is -3.63. The number of hydrogen-bond acceptors (Lipinski definition) is 5. The summed E-state index contributed by atoms with van der Waals surface area (Å²) in [6.45, 7) is 0. The van der Waals surface area contributed by atoms with Gasteiger partial charge in [0.15, 0.2) is 0 Å². The molecule has 2 aromatic rings. The number of nitrogen functional groups attached to an aromatic ring is 1. The van der Waals surface area contributed by atoms with Gasteiger partial charge >= 0.3 is 12.2 Å². The van der Waals surface area contributed by atoms with Gasteiger partial charge in [-0.2, -0.15) is 13.2 Å². The van der Waals surface area contributed by atoms with Crippen LogP contribution in [-0.4, -0.2) is 53.0 Å². The molecule has 4 rings (SSSR count). The number of aromatic nitrogens is 1. The van der Waals surface area contributed by atoms with Crippen molar-refractivity contribution < 1.29 is 27.6 Å². The van der Waals surface area contributed by atoms with Crippen molar-refractivity contribution in [3.05, 3.63) is 54.2 Å². The van der Waals surface area contributed by atoms with Crippen molar-refractivity contribution in [2.45, 2.75) is 56.8 Å². The van der Waals surface area contributed by atoms with Gasteiger partial charge < -0.3 is 16.0 Å². The molecule has 0 spiro atoms. The quantitative estimate of drug-likeness (QED) is 0.565. The zero-order valence-corrected chi connectivity index (χ0v) is 20.4. The van der Waals surface area contributed by atoms with Gasteiger partial charge in [0, 0.05) is 18.9 Å². The number of rotatable bonds is 6. The van der Waals surface area contributed by atoms with E-state index in [-0.39, 0.29) is 12.2 Å². The van der Waals surface area contributed by atoms with Gasteiger partial charge in [-0.3, -0.25) is 14.5 Å². The Morgan fingerprint density at radius 2 is 1.84 bits per heavy atom. The summed E-state index contributed by atoms with van der Waals surface area (Å²) in [5, 5.41) is 2.06. The lowest BCUT2D eigenvalue weighted by Gasteiger charge is -2.46. The van der Waals surface area contributed by atoms with E-state index in [9.17, 15) is 27.6 Å². The van der Waals surface area contributed by atoms with Crippen molar-refractivity contribution >= 4 is 29.4 Å². The van der Waals surface area contributed by atoms with Crippen LogP contribution in [0.25, 0.3) is 0 Å². The number of halogens is 3. The summed E-state index contributed by atoms with van der Waals surface area (Å²) in [7, 11) is 1.50. The largest absolute Gasteiger partial charge is 0.408 e. The minimum absolute atomic E-state index is 0.0830. The fraction of sp³-hybridized carbons (Fsp3) is 0.462. The Kier molecular flexibility index (Phi) is 7.70. The number of anilines is 2. The molecule has 37 heavy (non-hydrogen) atoms. The van der Waals surface area contributed by atoms with Gasteiger partial charge in [0.25, 0.3) is 5.91 Å². The minimum atomic E-state index is -4.68. The Labute approximate surface area is 213 Å². The first kappa shape index (κ1) is 26.4. The number of imide groups is 1. The fourth-order valence-electron chi connectivity index (χ4n) is 5.25. The van der Waals surface area contributed by atoms with E-state index in [1.165, 1.54) is 18.1 Å². The molecule has 198 valence electrons. The predicted octanol–water partition coefficient (Wildman–Crippen LogP) is 3.92. The predicted molar refractivity (Wildman–Crippen MR) is 131 cm³/mol. The summed E-state index contributed by atoms with van der Waals surface area (Å²) < 4.78 is 41.8. The van der Waals surface area contributed by atoms with Crippen LogP contribution < -0.4 is 16.0 Å². The number of nitrogens with zero attached hydrogens (tertiary/aromatic N) is 3. The molecule has 3 atom stereocenters. The first-order valence-corrected chi connectivity index (χ1v) is 12.3. The maximum absolute atomic E-state index is 13.9. The molecule has 2 fully saturated rings. The van der Waals surface area contributed by atoms with E-state index in [4.69, 9.17) is 5.73 Å². The van der Waals surface area contributed by atoms with Crippen molar-refractivity contribution in [2.75, 3.05) is 17.7 Å². The third-order valence-electron chi connectivity index (χ3n) is 7.21. The smallest absolute Gasteiger partial charge is 0.384 e. The Morgan fingerprint density at radius 3 is 2.46 bits per heavy atom. The number of carbonyl (C=O) groups excluding carboxylic acids is 3. The van der Waals surface area contributed by atoms with E-state index in [0.29, 0.717) is 41.8 Å². The van der Waals surface area contributed by atoms with Crippen LogP contribution in [0.5, 0.6) is 0 Å². The molecule has 1 aliphatic heterocycles. The lowest BCUT2D eigenvalue weighted by Crippen LogP contribution is -2.71. The number of alkyl halides is 3. The first-order chi connectivity index (χ1) is 17.6. The minimum Gasteiger partial charge on any atom is -0.384 e.